The van der Waals surface area contributed by atoms with E-state index >= 15 is 0 Å². The van der Waals surface area contributed by atoms with Crippen molar-refractivity contribution in [1.29, 1.82) is 0 Å². The molecule has 3 N–H and O–H groups in total. The molecule has 2 aromatic rings. The number of sulfonamides is 1. The fourth-order valence-electron chi connectivity index (χ4n) is 3.96. The molecule has 0 unspecified atom stereocenters. The van der Waals surface area contributed by atoms with E-state index in [1.807, 2.05) is 0 Å². The molecule has 0 atom stereocenters. The predicted molar refractivity (Wildman–Crippen MR) is 110 cm³/mol. The lowest BCUT2D eigenvalue weighted by Gasteiger charge is -2.24. The quantitative estimate of drug-likeness (QED) is 0.679. The molecule has 0 radical (unpaired) electrons. The van der Waals surface area contributed by atoms with Crippen molar-refractivity contribution in [2.24, 2.45) is 0 Å². The molecule has 0 amide bonds. The number of aromatic nitrogens is 1. The molecule has 156 valence electrons. The Morgan fingerprint density at radius 3 is 2.45 bits per heavy atom. The normalized spacial score (nSPS) is 18.8. The molecule has 3 heterocycles. The molecule has 8 heteroatoms. The Morgan fingerprint density at radius 1 is 1.03 bits per heavy atom. The number of hydrogen-bond acceptors (Lipinski definition) is 4. The number of nitrogens with zero attached hydrogens (tertiary/aromatic N) is 1. The second-order valence-electron chi connectivity index (χ2n) is 7.71. The van der Waals surface area contributed by atoms with E-state index in [4.69, 9.17) is 4.74 Å². The lowest BCUT2D eigenvalue weighted by atomic mass is 10.1. The minimum Gasteiger partial charge on any atom is -0.370 e. The number of anilines is 1. The number of rotatable bonds is 7. The van der Waals surface area contributed by atoms with Gasteiger partial charge in [0.1, 0.15) is 37.3 Å². The van der Waals surface area contributed by atoms with Crippen molar-refractivity contribution < 1.29 is 23.0 Å². The monoisotopic (exact) mass is 418 g/mol. The lowest BCUT2D eigenvalue weighted by molar-refractivity contribution is -0.921. The van der Waals surface area contributed by atoms with Gasteiger partial charge in [-0.15, -0.1) is 0 Å². The van der Waals surface area contributed by atoms with Crippen LogP contribution in [0.15, 0.2) is 47.5 Å². The van der Waals surface area contributed by atoms with Crippen LogP contribution < -0.4 is 15.2 Å². The van der Waals surface area contributed by atoms with E-state index in [9.17, 15) is 8.42 Å². The number of morpholine rings is 1. The average molecular weight is 419 g/mol. The first-order valence-corrected chi connectivity index (χ1v) is 11.8. The minimum absolute atomic E-state index is 0.321. The first-order chi connectivity index (χ1) is 14.1. The molecule has 29 heavy (non-hydrogen) atoms. The minimum atomic E-state index is -3.38. The van der Waals surface area contributed by atoms with Crippen molar-refractivity contribution in [3.63, 3.8) is 0 Å². The maximum absolute atomic E-state index is 12.6. The summed E-state index contributed by atoms with van der Waals surface area (Å²) in [4.78, 5) is 4.97. The Kier molecular flexibility index (Phi) is 6.44. The van der Waals surface area contributed by atoms with Crippen LogP contribution in [0.5, 0.6) is 0 Å². The third-order valence-electron chi connectivity index (χ3n) is 5.72. The highest BCUT2D eigenvalue weighted by Gasteiger charge is 2.28. The molecule has 0 aliphatic carbocycles. The number of ether oxygens (including phenoxy) is 1. The van der Waals surface area contributed by atoms with Gasteiger partial charge in [0.05, 0.1) is 13.2 Å². The predicted octanol–water partition coefficient (Wildman–Crippen LogP) is 0.312. The largest absolute Gasteiger partial charge is 0.370 e. The lowest BCUT2D eigenvalue weighted by Crippen LogP contribution is -3.12. The standard InChI is InChI=1S/C21H28N4O3S/c26-29(27,25-9-3-4-10-25)20-7-8-21(23-16-20)22-15-18-5-1-2-6-19(18)17-24-11-13-28-14-12-24/h1-2,5-8,16H,3-4,9-15,17H2,(H,22,23)/p+2. The zero-order valence-corrected chi connectivity index (χ0v) is 17.5. The van der Waals surface area contributed by atoms with Crippen LogP contribution in [-0.2, 0) is 27.8 Å². The maximum atomic E-state index is 12.6. The summed E-state index contributed by atoms with van der Waals surface area (Å²) in [6.45, 7) is 6.67. The van der Waals surface area contributed by atoms with E-state index in [0.717, 1.165) is 51.5 Å². The van der Waals surface area contributed by atoms with Gasteiger partial charge in [0.15, 0.2) is 0 Å². The van der Waals surface area contributed by atoms with E-state index in [0.29, 0.717) is 24.5 Å². The fourth-order valence-corrected chi connectivity index (χ4v) is 5.44. The number of H-pyrrole nitrogens is 1. The van der Waals surface area contributed by atoms with E-state index in [2.05, 4.69) is 34.6 Å². The zero-order chi connectivity index (χ0) is 20.1. The molecule has 2 fully saturated rings. The highest BCUT2D eigenvalue weighted by atomic mass is 32.2. The smallest absolute Gasteiger partial charge is 0.272 e. The van der Waals surface area contributed by atoms with Gasteiger partial charge in [-0.05, 0) is 18.9 Å². The average Bonchev–Trinajstić information content (AvgIpc) is 3.30. The summed E-state index contributed by atoms with van der Waals surface area (Å²) in [6, 6.07) is 12.0. The van der Waals surface area contributed by atoms with Crippen molar-refractivity contribution >= 4 is 15.8 Å². The third-order valence-corrected chi connectivity index (χ3v) is 7.61. The van der Waals surface area contributed by atoms with Gasteiger partial charge in [-0.1, -0.05) is 24.3 Å². The van der Waals surface area contributed by atoms with Gasteiger partial charge in [-0.2, -0.15) is 4.31 Å². The van der Waals surface area contributed by atoms with E-state index in [-0.39, 0.29) is 0 Å². The summed E-state index contributed by atoms with van der Waals surface area (Å²) in [6.07, 6.45) is 3.46. The van der Waals surface area contributed by atoms with Gasteiger partial charge < -0.3 is 9.64 Å². The highest BCUT2D eigenvalue weighted by Crippen LogP contribution is 2.20. The second kappa shape index (κ2) is 9.21. The highest BCUT2D eigenvalue weighted by molar-refractivity contribution is 7.89. The zero-order valence-electron chi connectivity index (χ0n) is 16.7. The number of pyridine rings is 1. The number of benzene rings is 1. The Hall–Kier alpha value is -2.00. The third kappa shape index (κ3) is 4.95. The van der Waals surface area contributed by atoms with Crippen LogP contribution >= 0.6 is 0 Å². The van der Waals surface area contributed by atoms with Gasteiger partial charge in [0, 0.05) is 30.3 Å². The van der Waals surface area contributed by atoms with E-state index in [1.54, 1.807) is 27.5 Å². The van der Waals surface area contributed by atoms with Gasteiger partial charge in [-0.25, -0.2) is 13.4 Å². The first-order valence-electron chi connectivity index (χ1n) is 10.4. The van der Waals surface area contributed by atoms with Crippen LogP contribution in [0.25, 0.3) is 0 Å². The van der Waals surface area contributed by atoms with Crippen LogP contribution in [0.2, 0.25) is 0 Å². The van der Waals surface area contributed by atoms with Gasteiger partial charge in [0.2, 0.25) is 10.0 Å². The summed E-state index contributed by atoms with van der Waals surface area (Å²) in [5, 5.41) is 3.39. The Morgan fingerprint density at radius 2 is 1.76 bits per heavy atom. The molecule has 4 rings (SSSR count). The Bertz CT molecular complexity index is 906. The molecule has 2 aliphatic heterocycles. The number of nitrogens with one attached hydrogen (secondary N) is 3. The second-order valence-corrected chi connectivity index (χ2v) is 9.65. The summed E-state index contributed by atoms with van der Waals surface area (Å²) in [5.74, 6) is 0.805. The summed E-state index contributed by atoms with van der Waals surface area (Å²) in [7, 11) is -3.38. The van der Waals surface area contributed by atoms with Crippen molar-refractivity contribution in [2.75, 3.05) is 44.7 Å². The molecular formula is C21H30N4O3S+2. The number of quaternary nitrogens is 1. The summed E-state index contributed by atoms with van der Waals surface area (Å²) >= 11 is 0. The van der Waals surface area contributed by atoms with Crippen LogP contribution in [0.1, 0.15) is 24.0 Å². The van der Waals surface area contributed by atoms with Gasteiger partial charge in [0.25, 0.3) is 5.82 Å². The first kappa shape index (κ1) is 20.3. The van der Waals surface area contributed by atoms with Crippen molar-refractivity contribution in [3.05, 3.63) is 53.7 Å². The van der Waals surface area contributed by atoms with Crippen molar-refractivity contribution in [3.8, 4) is 0 Å². The van der Waals surface area contributed by atoms with Crippen LogP contribution in [0, 0.1) is 0 Å². The van der Waals surface area contributed by atoms with Crippen LogP contribution in [-0.4, -0.2) is 52.1 Å². The molecular weight excluding hydrogens is 388 g/mol. The van der Waals surface area contributed by atoms with Gasteiger partial charge >= 0.3 is 0 Å². The maximum Gasteiger partial charge on any atom is 0.272 e. The molecule has 2 aliphatic rings. The van der Waals surface area contributed by atoms with Gasteiger partial charge in [-0.3, -0.25) is 5.32 Å². The Labute approximate surface area is 172 Å². The summed E-state index contributed by atoms with van der Waals surface area (Å²) in [5.41, 5.74) is 2.60. The molecule has 1 aromatic carbocycles. The fraction of sp³-hybridized carbons (Fsp3) is 0.476. The van der Waals surface area contributed by atoms with Crippen molar-refractivity contribution in [1.82, 2.24) is 4.31 Å². The molecule has 1 aromatic heterocycles. The van der Waals surface area contributed by atoms with E-state index < -0.39 is 10.0 Å². The molecule has 2 saturated heterocycles. The molecule has 0 saturated carbocycles. The van der Waals surface area contributed by atoms with Crippen LogP contribution in [0.3, 0.4) is 0 Å². The molecule has 0 bridgehead atoms. The Balaban J connectivity index is 1.39. The summed E-state index contributed by atoms with van der Waals surface area (Å²) < 4.78 is 32.3. The molecule has 0 spiro atoms. The topological polar surface area (TPSA) is 77.2 Å². The van der Waals surface area contributed by atoms with Crippen molar-refractivity contribution in [2.45, 2.75) is 30.8 Å². The molecule has 7 nitrogen and oxygen atoms in total. The number of aromatic amines is 1. The van der Waals surface area contributed by atoms with E-state index in [1.165, 1.54) is 11.1 Å². The van der Waals surface area contributed by atoms with Crippen LogP contribution in [0.4, 0.5) is 5.82 Å². The SMILES string of the molecule is O=S(=O)(c1ccc(NCc2ccccc2C[NH+]2CCOCC2)[nH+]c1)N1CCCC1. The number of hydrogen-bond donors (Lipinski definition) is 2.